The van der Waals surface area contributed by atoms with E-state index in [0.29, 0.717) is 17.2 Å². The second-order valence-electron chi connectivity index (χ2n) is 7.39. The van der Waals surface area contributed by atoms with Crippen molar-refractivity contribution in [1.82, 2.24) is 14.8 Å². The molecule has 1 saturated heterocycles. The average molecular weight is 426 g/mol. The summed E-state index contributed by atoms with van der Waals surface area (Å²) >= 11 is 1.76. The van der Waals surface area contributed by atoms with Crippen molar-refractivity contribution in [3.8, 4) is 11.5 Å². The van der Waals surface area contributed by atoms with Crippen molar-refractivity contribution in [2.45, 2.75) is 11.4 Å². The molecule has 30 heavy (non-hydrogen) atoms. The second kappa shape index (κ2) is 9.02. The van der Waals surface area contributed by atoms with E-state index in [2.05, 4.69) is 40.4 Å². The SMILES string of the molecule is COc1cc2cc(C(=O)N3CCN(Cc4ccc(SC)cc4)CC3)[nH]c2cc1OC. The number of hydrogen-bond donors (Lipinski definition) is 1. The minimum atomic E-state index is 0.0353. The van der Waals surface area contributed by atoms with E-state index in [4.69, 9.17) is 9.47 Å². The van der Waals surface area contributed by atoms with Gasteiger partial charge < -0.3 is 19.4 Å². The van der Waals surface area contributed by atoms with Crippen LogP contribution in [0.1, 0.15) is 16.1 Å². The Morgan fingerprint density at radius 1 is 1.00 bits per heavy atom. The summed E-state index contributed by atoms with van der Waals surface area (Å²) in [5.74, 6) is 1.33. The number of H-pyrrole nitrogens is 1. The Kier molecular flexibility index (Phi) is 6.20. The lowest BCUT2D eigenvalue weighted by Gasteiger charge is -2.34. The number of methoxy groups -OCH3 is 2. The number of rotatable bonds is 6. The van der Waals surface area contributed by atoms with Crippen LogP contribution in [-0.4, -0.2) is 67.3 Å². The van der Waals surface area contributed by atoms with Gasteiger partial charge in [-0.25, -0.2) is 0 Å². The number of carbonyl (C=O) groups excluding carboxylic acids is 1. The molecule has 0 bridgehead atoms. The molecule has 1 aliphatic heterocycles. The van der Waals surface area contributed by atoms with Crippen LogP contribution in [0.3, 0.4) is 0 Å². The molecule has 0 saturated carbocycles. The monoisotopic (exact) mass is 425 g/mol. The zero-order chi connectivity index (χ0) is 21.1. The zero-order valence-electron chi connectivity index (χ0n) is 17.6. The van der Waals surface area contributed by atoms with E-state index in [1.54, 1.807) is 26.0 Å². The maximum absolute atomic E-state index is 13.0. The molecule has 2 heterocycles. The molecule has 1 aromatic heterocycles. The summed E-state index contributed by atoms with van der Waals surface area (Å²) in [4.78, 5) is 21.9. The molecule has 1 fully saturated rings. The molecule has 4 rings (SSSR count). The zero-order valence-corrected chi connectivity index (χ0v) is 18.4. The van der Waals surface area contributed by atoms with Gasteiger partial charge in [-0.1, -0.05) is 12.1 Å². The van der Waals surface area contributed by atoms with Gasteiger partial charge in [0.1, 0.15) is 5.69 Å². The fraction of sp³-hybridized carbons (Fsp3) is 0.348. The fourth-order valence-corrected chi connectivity index (χ4v) is 4.25. The van der Waals surface area contributed by atoms with E-state index in [0.717, 1.165) is 43.6 Å². The van der Waals surface area contributed by atoms with Crippen LogP contribution in [0.25, 0.3) is 10.9 Å². The number of piperazine rings is 1. The molecule has 1 amide bonds. The van der Waals surface area contributed by atoms with E-state index in [-0.39, 0.29) is 5.91 Å². The number of aromatic nitrogens is 1. The van der Waals surface area contributed by atoms with Gasteiger partial charge in [0.05, 0.1) is 14.2 Å². The first-order valence-electron chi connectivity index (χ1n) is 10.0. The van der Waals surface area contributed by atoms with Gasteiger partial charge >= 0.3 is 0 Å². The van der Waals surface area contributed by atoms with Crippen LogP contribution in [0.2, 0.25) is 0 Å². The van der Waals surface area contributed by atoms with E-state index in [9.17, 15) is 4.79 Å². The summed E-state index contributed by atoms with van der Waals surface area (Å²) < 4.78 is 10.7. The van der Waals surface area contributed by atoms with Gasteiger partial charge in [0.15, 0.2) is 11.5 Å². The molecule has 1 N–H and O–H groups in total. The number of ether oxygens (including phenoxy) is 2. The standard InChI is InChI=1S/C23H27N3O3S/c1-28-21-13-17-12-20(24-19(17)14-22(21)29-2)23(27)26-10-8-25(9-11-26)15-16-4-6-18(30-3)7-5-16/h4-7,12-14,24H,8-11,15H2,1-3H3. The molecule has 0 atom stereocenters. The predicted octanol–water partition coefficient (Wildman–Crippen LogP) is 3.87. The Morgan fingerprint density at radius 3 is 2.30 bits per heavy atom. The first kappa shape index (κ1) is 20.6. The average Bonchev–Trinajstić information content (AvgIpc) is 3.21. The summed E-state index contributed by atoms with van der Waals surface area (Å²) in [6.45, 7) is 4.12. The highest BCUT2D eigenvalue weighted by Crippen LogP contribution is 2.32. The molecule has 6 nitrogen and oxygen atoms in total. The number of fused-ring (bicyclic) bond motifs is 1. The van der Waals surface area contributed by atoms with Crippen molar-refractivity contribution in [2.75, 3.05) is 46.7 Å². The van der Waals surface area contributed by atoms with Gasteiger partial charge in [-0.3, -0.25) is 9.69 Å². The summed E-state index contributed by atoms with van der Waals surface area (Å²) in [6.07, 6.45) is 2.09. The van der Waals surface area contributed by atoms with Crippen molar-refractivity contribution >= 4 is 28.6 Å². The molecule has 0 unspecified atom stereocenters. The maximum atomic E-state index is 13.0. The largest absolute Gasteiger partial charge is 0.493 e. The number of nitrogens with zero attached hydrogens (tertiary/aromatic N) is 2. The van der Waals surface area contributed by atoms with Gasteiger partial charge in [-0.15, -0.1) is 11.8 Å². The van der Waals surface area contributed by atoms with Crippen LogP contribution in [0.4, 0.5) is 0 Å². The van der Waals surface area contributed by atoms with Crippen molar-refractivity contribution < 1.29 is 14.3 Å². The van der Waals surface area contributed by atoms with Gasteiger partial charge in [-0.05, 0) is 36.1 Å². The Labute approximate surface area is 181 Å². The Hall–Kier alpha value is -2.64. The van der Waals surface area contributed by atoms with Crippen LogP contribution >= 0.6 is 11.8 Å². The molecule has 0 spiro atoms. The molecule has 1 aliphatic rings. The lowest BCUT2D eigenvalue weighted by atomic mass is 10.2. The molecule has 0 aliphatic carbocycles. The van der Waals surface area contributed by atoms with Crippen molar-refractivity contribution in [2.24, 2.45) is 0 Å². The van der Waals surface area contributed by atoms with E-state index in [1.165, 1.54) is 10.5 Å². The van der Waals surface area contributed by atoms with Crippen LogP contribution in [0.15, 0.2) is 47.4 Å². The number of carbonyl (C=O) groups is 1. The Balaban J connectivity index is 1.40. The topological polar surface area (TPSA) is 57.8 Å². The summed E-state index contributed by atoms with van der Waals surface area (Å²) in [5.41, 5.74) is 2.77. The summed E-state index contributed by atoms with van der Waals surface area (Å²) in [6, 6.07) is 14.4. The molecular weight excluding hydrogens is 398 g/mol. The lowest BCUT2D eigenvalue weighted by Crippen LogP contribution is -2.48. The number of aromatic amines is 1. The normalized spacial score (nSPS) is 14.8. The van der Waals surface area contributed by atoms with Crippen molar-refractivity contribution in [3.63, 3.8) is 0 Å². The fourth-order valence-electron chi connectivity index (χ4n) is 3.84. The summed E-state index contributed by atoms with van der Waals surface area (Å²) in [5, 5.41) is 0.934. The number of thioether (sulfide) groups is 1. The molecule has 0 radical (unpaired) electrons. The second-order valence-corrected chi connectivity index (χ2v) is 8.27. The quantitative estimate of drug-likeness (QED) is 0.608. The van der Waals surface area contributed by atoms with Gasteiger partial charge in [0, 0.05) is 54.6 Å². The third kappa shape index (κ3) is 4.27. The first-order valence-corrected chi connectivity index (χ1v) is 11.2. The predicted molar refractivity (Wildman–Crippen MR) is 121 cm³/mol. The minimum Gasteiger partial charge on any atom is -0.493 e. The summed E-state index contributed by atoms with van der Waals surface area (Å²) in [7, 11) is 3.22. The van der Waals surface area contributed by atoms with E-state index < -0.39 is 0 Å². The van der Waals surface area contributed by atoms with Crippen LogP contribution in [-0.2, 0) is 6.54 Å². The third-order valence-corrected chi connectivity index (χ3v) is 6.32. The van der Waals surface area contributed by atoms with Gasteiger partial charge in [0.2, 0.25) is 0 Å². The number of hydrogen-bond acceptors (Lipinski definition) is 5. The van der Waals surface area contributed by atoms with Crippen LogP contribution in [0, 0.1) is 0 Å². The lowest BCUT2D eigenvalue weighted by molar-refractivity contribution is 0.0623. The number of amides is 1. The van der Waals surface area contributed by atoms with Crippen LogP contribution < -0.4 is 9.47 Å². The van der Waals surface area contributed by atoms with Gasteiger partial charge in [0.25, 0.3) is 5.91 Å². The van der Waals surface area contributed by atoms with Gasteiger partial charge in [-0.2, -0.15) is 0 Å². The Morgan fingerprint density at radius 2 is 1.67 bits per heavy atom. The molecule has 2 aromatic carbocycles. The molecule has 7 heteroatoms. The van der Waals surface area contributed by atoms with Crippen molar-refractivity contribution in [1.29, 1.82) is 0 Å². The maximum Gasteiger partial charge on any atom is 0.270 e. The van der Waals surface area contributed by atoms with Crippen molar-refractivity contribution in [3.05, 3.63) is 53.7 Å². The number of benzene rings is 2. The highest BCUT2D eigenvalue weighted by Gasteiger charge is 2.23. The Bertz CT molecular complexity index is 983. The van der Waals surface area contributed by atoms with E-state index >= 15 is 0 Å². The first-order chi connectivity index (χ1) is 14.6. The molecule has 3 aromatic rings. The van der Waals surface area contributed by atoms with E-state index in [1.807, 2.05) is 23.1 Å². The van der Waals surface area contributed by atoms with Crippen LogP contribution in [0.5, 0.6) is 11.5 Å². The smallest absolute Gasteiger partial charge is 0.270 e. The number of nitrogens with one attached hydrogen (secondary N) is 1. The minimum absolute atomic E-state index is 0.0353. The molecule has 158 valence electrons. The highest BCUT2D eigenvalue weighted by atomic mass is 32.2. The third-order valence-electron chi connectivity index (χ3n) is 5.58. The molecular formula is C23H27N3O3S. The highest BCUT2D eigenvalue weighted by molar-refractivity contribution is 7.98.